The number of benzene rings is 1. The van der Waals surface area contributed by atoms with Crippen LogP contribution in [0.15, 0.2) is 12.1 Å². The molecule has 0 bridgehead atoms. The minimum Gasteiger partial charge on any atom is -0.508 e. The Morgan fingerprint density at radius 2 is 2.00 bits per heavy atom. The Bertz CT molecular complexity index is 369. The van der Waals surface area contributed by atoms with Gasteiger partial charge in [0.05, 0.1) is 6.61 Å². The molecule has 1 rings (SSSR count). The van der Waals surface area contributed by atoms with Crippen molar-refractivity contribution >= 4 is 5.97 Å². The molecule has 0 amide bonds. The first-order valence-electron chi connectivity index (χ1n) is 4.93. The highest BCUT2D eigenvalue weighted by atomic mass is 16.5. The van der Waals surface area contributed by atoms with E-state index in [9.17, 15) is 9.90 Å². The van der Waals surface area contributed by atoms with Gasteiger partial charge in [-0.15, -0.1) is 0 Å². The lowest BCUT2D eigenvalue weighted by Gasteiger charge is -2.10. The summed E-state index contributed by atoms with van der Waals surface area (Å²) < 4.78 is 4.87. The molecule has 15 heavy (non-hydrogen) atoms. The Morgan fingerprint density at radius 1 is 1.33 bits per heavy atom. The molecule has 0 aliphatic carbocycles. The molecule has 82 valence electrons. The number of phenols is 1. The third kappa shape index (κ3) is 2.98. The molecule has 0 radical (unpaired) electrons. The second-order valence-corrected chi connectivity index (χ2v) is 3.58. The summed E-state index contributed by atoms with van der Waals surface area (Å²) in [4.78, 5) is 10.6. The van der Waals surface area contributed by atoms with Crippen molar-refractivity contribution in [2.45, 2.75) is 27.2 Å². The number of ether oxygens (including phenoxy) is 1. The van der Waals surface area contributed by atoms with Crippen LogP contribution < -0.4 is 0 Å². The molecule has 0 unspecified atom stereocenters. The summed E-state index contributed by atoms with van der Waals surface area (Å²) in [6.07, 6.45) is 0.687. The van der Waals surface area contributed by atoms with Crippen LogP contribution in [-0.2, 0) is 16.0 Å². The number of esters is 1. The molecule has 3 nitrogen and oxygen atoms in total. The Kier molecular flexibility index (Phi) is 3.72. The molecule has 3 heteroatoms. The van der Waals surface area contributed by atoms with Crippen LogP contribution in [0.5, 0.6) is 5.75 Å². The van der Waals surface area contributed by atoms with Gasteiger partial charge >= 0.3 is 5.97 Å². The normalized spacial score (nSPS) is 10.1. The topological polar surface area (TPSA) is 46.5 Å². The molecule has 0 aliphatic rings. The molecule has 0 aliphatic heterocycles. The zero-order valence-corrected chi connectivity index (χ0v) is 9.33. The molecule has 1 aromatic carbocycles. The van der Waals surface area contributed by atoms with Gasteiger partial charge in [-0.05, 0) is 36.6 Å². The van der Waals surface area contributed by atoms with E-state index in [0.29, 0.717) is 18.8 Å². The van der Waals surface area contributed by atoms with E-state index in [4.69, 9.17) is 4.74 Å². The number of hydrogen-bond acceptors (Lipinski definition) is 3. The zero-order chi connectivity index (χ0) is 11.4. The summed E-state index contributed by atoms with van der Waals surface area (Å²) in [5, 5.41) is 9.45. The first-order valence-corrected chi connectivity index (χ1v) is 4.93. The van der Waals surface area contributed by atoms with Gasteiger partial charge in [0, 0.05) is 13.3 Å². The number of phenolic OH excluding ortho intramolecular Hbond substituents is 1. The van der Waals surface area contributed by atoms with E-state index in [1.165, 1.54) is 6.92 Å². The SMILES string of the molecule is CC(=O)OCCc1ccc(O)c(C)c1C. The van der Waals surface area contributed by atoms with E-state index in [0.717, 1.165) is 16.7 Å². The van der Waals surface area contributed by atoms with Gasteiger partial charge in [0.25, 0.3) is 0 Å². The lowest BCUT2D eigenvalue weighted by atomic mass is 10.0. The van der Waals surface area contributed by atoms with Crippen molar-refractivity contribution in [1.29, 1.82) is 0 Å². The molecule has 0 saturated carbocycles. The Hall–Kier alpha value is -1.51. The van der Waals surface area contributed by atoms with Crippen LogP contribution in [-0.4, -0.2) is 17.7 Å². The highest BCUT2D eigenvalue weighted by Gasteiger charge is 2.05. The van der Waals surface area contributed by atoms with Gasteiger partial charge in [-0.1, -0.05) is 6.07 Å². The van der Waals surface area contributed by atoms with Gasteiger partial charge in [0.15, 0.2) is 0 Å². The van der Waals surface area contributed by atoms with Crippen LogP contribution in [0.3, 0.4) is 0 Å². The maximum atomic E-state index is 10.6. The average molecular weight is 208 g/mol. The summed E-state index contributed by atoms with van der Waals surface area (Å²) in [6.45, 7) is 5.62. The molecule has 0 spiro atoms. The molecule has 1 aromatic rings. The van der Waals surface area contributed by atoms with Crippen molar-refractivity contribution in [2.75, 3.05) is 6.61 Å². The largest absolute Gasteiger partial charge is 0.508 e. The molecular formula is C12H16O3. The van der Waals surface area contributed by atoms with Gasteiger partial charge in [0.1, 0.15) is 5.75 Å². The predicted molar refractivity (Wildman–Crippen MR) is 57.9 cm³/mol. The van der Waals surface area contributed by atoms with Crippen molar-refractivity contribution in [1.82, 2.24) is 0 Å². The van der Waals surface area contributed by atoms with Crippen molar-refractivity contribution in [2.24, 2.45) is 0 Å². The Labute approximate surface area is 89.7 Å². The quantitative estimate of drug-likeness (QED) is 0.774. The van der Waals surface area contributed by atoms with E-state index in [-0.39, 0.29) is 5.97 Å². The summed E-state index contributed by atoms with van der Waals surface area (Å²) in [5.41, 5.74) is 3.05. The lowest BCUT2D eigenvalue weighted by molar-refractivity contribution is -0.140. The summed E-state index contributed by atoms with van der Waals surface area (Å²) in [6, 6.07) is 3.53. The Morgan fingerprint density at radius 3 is 2.60 bits per heavy atom. The third-order valence-corrected chi connectivity index (χ3v) is 2.55. The fourth-order valence-corrected chi connectivity index (χ4v) is 1.44. The van der Waals surface area contributed by atoms with Crippen LogP contribution in [0.25, 0.3) is 0 Å². The van der Waals surface area contributed by atoms with Gasteiger partial charge in [-0.2, -0.15) is 0 Å². The molecular weight excluding hydrogens is 192 g/mol. The fraction of sp³-hybridized carbons (Fsp3) is 0.417. The van der Waals surface area contributed by atoms with Crippen molar-refractivity contribution in [3.8, 4) is 5.75 Å². The number of aromatic hydroxyl groups is 1. The molecule has 0 atom stereocenters. The second-order valence-electron chi connectivity index (χ2n) is 3.58. The van der Waals surface area contributed by atoms with E-state index < -0.39 is 0 Å². The summed E-state index contributed by atoms with van der Waals surface area (Å²) in [7, 11) is 0. The zero-order valence-electron chi connectivity index (χ0n) is 9.33. The number of hydrogen-bond donors (Lipinski definition) is 1. The van der Waals surface area contributed by atoms with Gasteiger partial charge in [-0.25, -0.2) is 0 Å². The molecule has 0 aromatic heterocycles. The van der Waals surface area contributed by atoms with Crippen LogP contribution in [0, 0.1) is 13.8 Å². The van der Waals surface area contributed by atoms with E-state index in [2.05, 4.69) is 0 Å². The molecule has 1 N–H and O–H groups in total. The third-order valence-electron chi connectivity index (χ3n) is 2.55. The van der Waals surface area contributed by atoms with Crippen molar-refractivity contribution in [3.63, 3.8) is 0 Å². The van der Waals surface area contributed by atoms with Crippen LogP contribution >= 0.6 is 0 Å². The monoisotopic (exact) mass is 208 g/mol. The van der Waals surface area contributed by atoms with Crippen LogP contribution in [0.4, 0.5) is 0 Å². The number of carbonyl (C=O) groups is 1. The second kappa shape index (κ2) is 4.82. The average Bonchev–Trinajstić information content (AvgIpc) is 2.18. The molecule has 0 heterocycles. The Balaban J connectivity index is 2.70. The van der Waals surface area contributed by atoms with E-state index in [1.54, 1.807) is 6.07 Å². The first kappa shape index (κ1) is 11.6. The van der Waals surface area contributed by atoms with E-state index in [1.807, 2.05) is 19.9 Å². The number of rotatable bonds is 3. The lowest BCUT2D eigenvalue weighted by Crippen LogP contribution is -2.04. The van der Waals surface area contributed by atoms with Gasteiger partial charge in [-0.3, -0.25) is 4.79 Å². The smallest absolute Gasteiger partial charge is 0.302 e. The highest BCUT2D eigenvalue weighted by molar-refractivity contribution is 5.65. The standard InChI is InChI=1S/C12H16O3/c1-8-9(2)12(14)5-4-11(8)6-7-15-10(3)13/h4-5,14H,6-7H2,1-3H3. The minimum absolute atomic E-state index is 0.261. The maximum Gasteiger partial charge on any atom is 0.302 e. The molecule has 0 fully saturated rings. The number of carbonyl (C=O) groups excluding carboxylic acids is 1. The van der Waals surface area contributed by atoms with Crippen LogP contribution in [0.1, 0.15) is 23.6 Å². The molecule has 0 saturated heterocycles. The van der Waals surface area contributed by atoms with Gasteiger partial charge < -0.3 is 9.84 Å². The van der Waals surface area contributed by atoms with E-state index >= 15 is 0 Å². The van der Waals surface area contributed by atoms with Crippen molar-refractivity contribution < 1.29 is 14.6 Å². The highest BCUT2D eigenvalue weighted by Crippen LogP contribution is 2.22. The maximum absolute atomic E-state index is 10.6. The summed E-state index contributed by atoms with van der Waals surface area (Å²) >= 11 is 0. The predicted octanol–water partition coefficient (Wildman–Crippen LogP) is 2.11. The summed E-state index contributed by atoms with van der Waals surface area (Å²) in [5.74, 6) is 0.0480. The fourth-order valence-electron chi connectivity index (χ4n) is 1.44. The minimum atomic E-state index is -0.261. The first-order chi connectivity index (χ1) is 7.02. The van der Waals surface area contributed by atoms with Crippen molar-refractivity contribution in [3.05, 3.63) is 28.8 Å². The van der Waals surface area contributed by atoms with Gasteiger partial charge in [0.2, 0.25) is 0 Å². The van der Waals surface area contributed by atoms with Crippen LogP contribution in [0.2, 0.25) is 0 Å².